The van der Waals surface area contributed by atoms with Crippen molar-refractivity contribution < 1.29 is 4.74 Å². The molecule has 1 aromatic heterocycles. The van der Waals surface area contributed by atoms with E-state index in [1.165, 1.54) is 11.1 Å². The van der Waals surface area contributed by atoms with Gasteiger partial charge in [0.15, 0.2) is 17.5 Å². The summed E-state index contributed by atoms with van der Waals surface area (Å²) in [6.45, 7) is 0.555. The lowest BCUT2D eigenvalue weighted by atomic mass is 9.88. The first-order valence-corrected chi connectivity index (χ1v) is 14.7. The molecular weight excluding hydrogens is 538 g/mol. The zero-order chi connectivity index (χ0) is 29.3. The minimum absolute atomic E-state index is 0.555. The number of hydrogen-bond donors (Lipinski definition) is 0. The number of rotatable bonds is 5. The van der Waals surface area contributed by atoms with Gasteiger partial charge in [0.1, 0.15) is 12.4 Å². The Hall–Kier alpha value is -5.87. The van der Waals surface area contributed by atoms with Crippen molar-refractivity contribution in [1.29, 1.82) is 0 Å². The van der Waals surface area contributed by atoms with E-state index in [1.54, 1.807) is 0 Å². The second-order valence-electron chi connectivity index (χ2n) is 10.8. The predicted octanol–water partition coefficient (Wildman–Crippen LogP) is 9.77. The molecule has 6 aromatic carbocycles. The van der Waals surface area contributed by atoms with Crippen molar-refractivity contribution in [3.8, 4) is 73.3 Å². The van der Waals surface area contributed by atoms with Crippen LogP contribution in [-0.4, -0.2) is 15.0 Å². The van der Waals surface area contributed by atoms with Crippen molar-refractivity contribution in [2.24, 2.45) is 0 Å². The molecular formula is C40H27N3O. The maximum atomic E-state index is 6.05. The van der Waals surface area contributed by atoms with Crippen molar-refractivity contribution in [2.45, 2.75) is 6.61 Å². The third kappa shape index (κ3) is 4.83. The van der Waals surface area contributed by atoms with E-state index in [1.807, 2.05) is 48.5 Å². The summed E-state index contributed by atoms with van der Waals surface area (Å²) >= 11 is 0. The fraction of sp³-hybridized carbons (Fsp3) is 0.0250. The Morgan fingerprint density at radius 3 is 1.61 bits per heavy atom. The molecule has 44 heavy (non-hydrogen) atoms. The lowest BCUT2D eigenvalue weighted by molar-refractivity contribution is 0.302. The minimum Gasteiger partial charge on any atom is -0.488 e. The number of ether oxygens (including phenoxy) is 1. The molecule has 2 heterocycles. The number of aromatic nitrogens is 3. The fourth-order valence-electron chi connectivity index (χ4n) is 5.88. The highest BCUT2D eigenvalue weighted by Crippen LogP contribution is 2.43. The van der Waals surface area contributed by atoms with Crippen molar-refractivity contribution in [1.82, 2.24) is 15.0 Å². The second kappa shape index (κ2) is 11.1. The SMILES string of the molecule is c1ccc(-c2cccc(-c3nc(-c4ccccc4)nc(-c4cccc(-c5cccc6c5-c5ccccc5OC6)c4)n3)c2)cc1. The third-order valence-corrected chi connectivity index (χ3v) is 8.02. The molecule has 0 amide bonds. The summed E-state index contributed by atoms with van der Waals surface area (Å²) in [6.07, 6.45) is 0. The molecule has 0 atom stereocenters. The molecule has 4 heteroatoms. The van der Waals surface area contributed by atoms with Crippen LogP contribution in [0.3, 0.4) is 0 Å². The van der Waals surface area contributed by atoms with E-state index in [-0.39, 0.29) is 0 Å². The lowest BCUT2D eigenvalue weighted by Crippen LogP contribution is -2.06. The number of para-hydroxylation sites is 1. The highest BCUT2D eigenvalue weighted by atomic mass is 16.5. The van der Waals surface area contributed by atoms with Crippen molar-refractivity contribution in [3.63, 3.8) is 0 Å². The van der Waals surface area contributed by atoms with E-state index in [0.717, 1.165) is 50.3 Å². The zero-order valence-corrected chi connectivity index (χ0v) is 23.9. The Balaban J connectivity index is 1.27. The molecule has 0 aliphatic carbocycles. The first-order chi connectivity index (χ1) is 21.8. The average molecular weight is 566 g/mol. The summed E-state index contributed by atoms with van der Waals surface area (Å²) in [7, 11) is 0. The molecule has 1 aliphatic heterocycles. The normalized spacial score (nSPS) is 11.7. The largest absolute Gasteiger partial charge is 0.488 e. The van der Waals surface area contributed by atoms with Gasteiger partial charge in [-0.1, -0.05) is 133 Å². The molecule has 0 spiro atoms. The van der Waals surface area contributed by atoms with Crippen LogP contribution in [0.4, 0.5) is 0 Å². The lowest BCUT2D eigenvalue weighted by Gasteiger charge is -2.23. The Bertz CT molecular complexity index is 2120. The first-order valence-electron chi connectivity index (χ1n) is 14.7. The van der Waals surface area contributed by atoms with Gasteiger partial charge >= 0.3 is 0 Å². The molecule has 0 radical (unpaired) electrons. The van der Waals surface area contributed by atoms with Crippen LogP contribution in [-0.2, 0) is 6.61 Å². The van der Waals surface area contributed by atoms with Crippen molar-refractivity contribution >= 4 is 0 Å². The molecule has 4 nitrogen and oxygen atoms in total. The second-order valence-corrected chi connectivity index (χ2v) is 10.8. The third-order valence-electron chi connectivity index (χ3n) is 8.02. The van der Waals surface area contributed by atoms with E-state index in [9.17, 15) is 0 Å². The van der Waals surface area contributed by atoms with Crippen LogP contribution in [0.1, 0.15) is 5.56 Å². The van der Waals surface area contributed by atoms with Gasteiger partial charge in [-0.05, 0) is 51.6 Å². The highest BCUT2D eigenvalue weighted by molar-refractivity contribution is 5.90. The van der Waals surface area contributed by atoms with E-state index < -0.39 is 0 Å². The fourth-order valence-corrected chi connectivity index (χ4v) is 5.88. The molecule has 0 bridgehead atoms. The quantitative estimate of drug-likeness (QED) is 0.208. The van der Waals surface area contributed by atoms with Gasteiger partial charge in [-0.25, -0.2) is 15.0 Å². The van der Waals surface area contributed by atoms with Gasteiger partial charge in [-0.2, -0.15) is 0 Å². The summed E-state index contributed by atoms with van der Waals surface area (Å²) in [5.74, 6) is 2.83. The molecule has 208 valence electrons. The van der Waals surface area contributed by atoms with E-state index in [2.05, 4.69) is 103 Å². The van der Waals surface area contributed by atoms with Crippen LogP contribution in [0.15, 0.2) is 152 Å². The van der Waals surface area contributed by atoms with Gasteiger partial charge in [-0.3, -0.25) is 0 Å². The topological polar surface area (TPSA) is 47.9 Å². The summed E-state index contributed by atoms with van der Waals surface area (Å²) in [4.78, 5) is 15.0. The summed E-state index contributed by atoms with van der Waals surface area (Å²) in [5.41, 5.74) is 10.9. The van der Waals surface area contributed by atoms with Crippen LogP contribution >= 0.6 is 0 Å². The van der Waals surface area contributed by atoms with Crippen LogP contribution < -0.4 is 4.74 Å². The summed E-state index contributed by atoms with van der Waals surface area (Å²) in [6, 6.07) is 52.0. The first kappa shape index (κ1) is 25.8. The van der Waals surface area contributed by atoms with E-state index in [4.69, 9.17) is 19.7 Å². The number of benzene rings is 6. The monoisotopic (exact) mass is 565 g/mol. The maximum absolute atomic E-state index is 6.05. The van der Waals surface area contributed by atoms with Crippen LogP contribution in [0, 0.1) is 0 Å². The van der Waals surface area contributed by atoms with E-state index in [0.29, 0.717) is 24.1 Å². The summed E-state index contributed by atoms with van der Waals surface area (Å²) < 4.78 is 6.05. The van der Waals surface area contributed by atoms with Gasteiger partial charge < -0.3 is 4.74 Å². The smallest absolute Gasteiger partial charge is 0.164 e. The molecule has 7 aromatic rings. The Morgan fingerprint density at radius 2 is 0.886 bits per heavy atom. The Morgan fingerprint density at radius 1 is 0.386 bits per heavy atom. The van der Waals surface area contributed by atoms with Gasteiger partial charge in [0, 0.05) is 22.3 Å². The van der Waals surface area contributed by atoms with Crippen molar-refractivity contribution in [2.75, 3.05) is 0 Å². The molecule has 0 saturated carbocycles. The number of fused-ring (bicyclic) bond motifs is 3. The van der Waals surface area contributed by atoms with Gasteiger partial charge in [0.25, 0.3) is 0 Å². The van der Waals surface area contributed by atoms with Crippen LogP contribution in [0.5, 0.6) is 5.75 Å². The number of hydrogen-bond acceptors (Lipinski definition) is 4. The zero-order valence-electron chi connectivity index (χ0n) is 23.9. The number of nitrogens with zero attached hydrogens (tertiary/aromatic N) is 3. The highest BCUT2D eigenvalue weighted by Gasteiger charge is 2.21. The average Bonchev–Trinajstić information content (AvgIpc) is 3.12. The summed E-state index contributed by atoms with van der Waals surface area (Å²) in [5, 5.41) is 0. The standard InChI is InChI=1S/C40H27N3O/c1-3-12-27(13-4-1)29-16-9-18-31(24-29)39-41-38(28-14-5-2-6-15-28)42-40(43-39)32-19-10-17-30(25-32)34-22-11-20-33-26-44-36-23-8-7-21-35(36)37(33)34/h1-25H,26H2. The van der Waals surface area contributed by atoms with E-state index >= 15 is 0 Å². The molecule has 0 N–H and O–H groups in total. The Labute approximate surface area is 256 Å². The van der Waals surface area contributed by atoms with Gasteiger partial charge in [0.2, 0.25) is 0 Å². The Kier molecular flexibility index (Phi) is 6.50. The van der Waals surface area contributed by atoms with Gasteiger partial charge in [0.05, 0.1) is 0 Å². The van der Waals surface area contributed by atoms with Gasteiger partial charge in [-0.15, -0.1) is 0 Å². The maximum Gasteiger partial charge on any atom is 0.164 e. The molecule has 1 aliphatic rings. The minimum atomic E-state index is 0.555. The van der Waals surface area contributed by atoms with Crippen LogP contribution in [0.25, 0.3) is 67.5 Å². The molecule has 0 fully saturated rings. The predicted molar refractivity (Wildman–Crippen MR) is 177 cm³/mol. The molecule has 0 unspecified atom stereocenters. The molecule has 0 saturated heterocycles. The van der Waals surface area contributed by atoms with Crippen molar-refractivity contribution in [3.05, 3.63) is 157 Å². The molecule has 8 rings (SSSR count). The van der Waals surface area contributed by atoms with Crippen LogP contribution in [0.2, 0.25) is 0 Å².